The lowest BCUT2D eigenvalue weighted by atomic mass is 9.88. The second kappa shape index (κ2) is 16.9. The van der Waals surface area contributed by atoms with Crippen molar-refractivity contribution in [3.8, 4) is 0 Å². The van der Waals surface area contributed by atoms with E-state index in [4.69, 9.17) is 36.2 Å². The number of halogens is 2. The van der Waals surface area contributed by atoms with Crippen molar-refractivity contribution in [3.05, 3.63) is 81.0 Å². The molecule has 0 saturated carbocycles. The Bertz CT molecular complexity index is 1500. The van der Waals surface area contributed by atoms with Crippen LogP contribution in [0.4, 0.5) is 4.39 Å². The van der Waals surface area contributed by atoms with Crippen LogP contribution in [0.15, 0.2) is 69.6 Å². The van der Waals surface area contributed by atoms with Gasteiger partial charge >= 0.3 is 17.9 Å². The van der Waals surface area contributed by atoms with Gasteiger partial charge in [-0.1, -0.05) is 48.9 Å². The summed E-state index contributed by atoms with van der Waals surface area (Å²) in [7, 11) is 1.28. The first-order valence-corrected chi connectivity index (χ1v) is 16.3. The number of carbonyl (C=O) groups is 3. The Balaban J connectivity index is 2.33. The minimum atomic E-state index is -1.16. The van der Waals surface area contributed by atoms with Crippen LogP contribution in [0.5, 0.6) is 0 Å². The lowest BCUT2D eigenvalue weighted by molar-refractivity contribution is -0.153. The lowest BCUT2D eigenvalue weighted by Crippen LogP contribution is -2.51. The molecule has 46 heavy (non-hydrogen) atoms. The van der Waals surface area contributed by atoms with E-state index in [2.05, 4.69) is 6.58 Å². The highest BCUT2D eigenvalue weighted by Gasteiger charge is 2.40. The molecule has 248 valence electrons. The largest absolute Gasteiger partial charge is 0.468 e. The average molecular weight is 674 g/mol. The maximum atomic E-state index is 14.9. The topological polar surface area (TPSA) is 118 Å². The average Bonchev–Trinajstić information content (AvgIpc) is 3.44. The van der Waals surface area contributed by atoms with Crippen molar-refractivity contribution in [1.82, 2.24) is 4.90 Å². The van der Waals surface area contributed by atoms with Crippen LogP contribution in [0.3, 0.4) is 0 Å². The van der Waals surface area contributed by atoms with Crippen molar-refractivity contribution < 1.29 is 33.0 Å². The molecule has 1 N–H and O–H groups in total. The van der Waals surface area contributed by atoms with Gasteiger partial charge in [0.15, 0.2) is 0 Å². The third-order valence-electron chi connectivity index (χ3n) is 7.79. The normalized spacial score (nSPS) is 20.1. The molecule has 9 nitrogen and oxygen atoms in total. The lowest BCUT2D eigenvalue weighted by Gasteiger charge is -2.37. The molecule has 3 rings (SSSR count). The Morgan fingerprint density at radius 2 is 2.02 bits per heavy atom. The molecule has 12 heteroatoms. The highest BCUT2D eigenvalue weighted by Crippen LogP contribution is 2.38. The van der Waals surface area contributed by atoms with Crippen LogP contribution in [-0.2, 0) is 28.6 Å². The Kier molecular flexibility index (Phi) is 13.5. The molecule has 2 aliphatic heterocycles. The number of nitrogens with zero attached hydrogens (tertiary/aromatic N) is 2. The number of allylic oxidation sites excluding steroid dienone is 1. The first kappa shape index (κ1) is 36.9. The minimum absolute atomic E-state index is 0.00479. The Hall–Kier alpha value is -3.54. The van der Waals surface area contributed by atoms with E-state index in [0.29, 0.717) is 24.3 Å². The number of hydrogen-bond acceptors (Lipinski definition) is 10. The van der Waals surface area contributed by atoms with Crippen molar-refractivity contribution in [2.24, 2.45) is 10.9 Å². The first-order valence-electron chi connectivity index (χ1n) is 15.0. The number of benzene rings is 1. The molecule has 2 aliphatic rings. The van der Waals surface area contributed by atoms with E-state index in [1.54, 1.807) is 31.7 Å². The fourth-order valence-electron chi connectivity index (χ4n) is 5.53. The van der Waals surface area contributed by atoms with Crippen LogP contribution >= 0.6 is 23.4 Å². The molecule has 0 bridgehead atoms. The van der Waals surface area contributed by atoms with Crippen LogP contribution < -0.4 is 0 Å². The Morgan fingerprint density at radius 1 is 1.30 bits per heavy atom. The van der Waals surface area contributed by atoms with Gasteiger partial charge in [-0.2, -0.15) is 0 Å². The van der Waals surface area contributed by atoms with Gasteiger partial charge in [0.05, 0.1) is 29.6 Å². The van der Waals surface area contributed by atoms with E-state index in [1.807, 2.05) is 18.4 Å². The quantitative estimate of drug-likeness (QED) is 0.104. The third kappa shape index (κ3) is 8.63. The van der Waals surface area contributed by atoms with Gasteiger partial charge in [0.2, 0.25) is 0 Å². The smallest absolute Gasteiger partial charge is 0.336 e. The Morgan fingerprint density at radius 3 is 2.59 bits per heavy atom. The van der Waals surface area contributed by atoms with Gasteiger partial charge < -0.3 is 19.6 Å². The molecule has 2 heterocycles. The molecule has 0 aliphatic carbocycles. The number of rotatable bonds is 14. The zero-order valence-corrected chi connectivity index (χ0v) is 28.6. The first-order chi connectivity index (χ1) is 21.9. The van der Waals surface area contributed by atoms with Crippen LogP contribution in [0.2, 0.25) is 5.02 Å². The fourth-order valence-corrected chi connectivity index (χ4v) is 6.68. The van der Waals surface area contributed by atoms with Crippen LogP contribution in [0, 0.1) is 17.1 Å². The maximum absolute atomic E-state index is 14.9. The molecular formula is C34H41ClFN3O6S. The van der Waals surface area contributed by atoms with E-state index in [1.165, 1.54) is 44.0 Å². The second-order valence-electron chi connectivity index (χ2n) is 11.0. The molecule has 0 radical (unpaired) electrons. The van der Waals surface area contributed by atoms with Crippen LogP contribution in [-0.4, -0.2) is 78.9 Å². The Labute approximate surface area is 279 Å². The van der Waals surface area contributed by atoms with E-state index < -0.39 is 41.7 Å². The molecule has 0 amide bonds. The van der Waals surface area contributed by atoms with Crippen LogP contribution in [0.1, 0.15) is 52.6 Å². The molecular weight excluding hydrogens is 633 g/mol. The van der Waals surface area contributed by atoms with Crippen molar-refractivity contribution in [2.45, 2.75) is 58.4 Å². The molecule has 0 aromatic heterocycles. The number of thioether (sulfide) groups is 1. The summed E-state index contributed by atoms with van der Waals surface area (Å²) in [5, 5.41) is 10.4. The van der Waals surface area contributed by atoms with Crippen LogP contribution in [0.25, 0.3) is 0 Å². The summed E-state index contributed by atoms with van der Waals surface area (Å²) in [6.07, 6.45) is 3.83. The van der Waals surface area contributed by atoms with Gasteiger partial charge in [0.25, 0.3) is 0 Å². The fraction of sp³-hybridized carbons (Fsp3) is 0.441. The van der Waals surface area contributed by atoms with Crippen molar-refractivity contribution >= 4 is 52.7 Å². The SMILES string of the molecule is C=C1C=CSC1C(C)=NC(C(C(=O)OCC)=C(CN(CCC)C(C(=O)OC)C1COC(=O)C=C1C)C(C)=N)c1cccc(F)c1Cl. The highest BCUT2D eigenvalue weighted by molar-refractivity contribution is 8.04. The number of hydrogen-bond donors (Lipinski definition) is 1. The number of ether oxygens (including phenoxy) is 3. The number of nitrogens with one attached hydrogen (secondary N) is 1. The van der Waals surface area contributed by atoms with Gasteiger partial charge in [-0.25, -0.2) is 14.0 Å². The van der Waals surface area contributed by atoms with Gasteiger partial charge in [-0.15, -0.1) is 11.8 Å². The van der Waals surface area contributed by atoms with Crippen molar-refractivity contribution in [2.75, 3.05) is 33.4 Å². The molecule has 4 unspecified atom stereocenters. The number of carbonyl (C=O) groups excluding carboxylic acids is 3. The zero-order valence-electron chi connectivity index (χ0n) is 27.0. The van der Waals surface area contributed by atoms with Gasteiger partial charge in [-0.3, -0.25) is 14.7 Å². The molecule has 0 saturated heterocycles. The maximum Gasteiger partial charge on any atom is 0.336 e. The molecule has 0 spiro atoms. The van der Waals surface area contributed by atoms with Gasteiger partial charge in [0.1, 0.15) is 24.5 Å². The summed E-state index contributed by atoms with van der Waals surface area (Å²) in [5.74, 6) is -3.05. The van der Waals surface area contributed by atoms with Crippen molar-refractivity contribution in [1.29, 1.82) is 5.41 Å². The summed E-state index contributed by atoms with van der Waals surface area (Å²) in [6.45, 7) is 13.0. The van der Waals surface area contributed by atoms with E-state index in [9.17, 15) is 18.8 Å². The van der Waals surface area contributed by atoms with Gasteiger partial charge in [0, 0.05) is 35.5 Å². The zero-order chi connectivity index (χ0) is 34.1. The summed E-state index contributed by atoms with van der Waals surface area (Å²) >= 11 is 8.04. The number of methoxy groups -OCH3 is 1. The molecule has 1 aromatic carbocycles. The molecule has 0 fully saturated rings. The van der Waals surface area contributed by atoms with E-state index >= 15 is 0 Å². The number of cyclic esters (lactones) is 1. The minimum Gasteiger partial charge on any atom is -0.468 e. The monoisotopic (exact) mass is 673 g/mol. The molecule has 1 aromatic rings. The van der Waals surface area contributed by atoms with E-state index in [-0.39, 0.29) is 52.5 Å². The summed E-state index contributed by atoms with van der Waals surface area (Å²) < 4.78 is 31.0. The predicted molar refractivity (Wildman–Crippen MR) is 180 cm³/mol. The van der Waals surface area contributed by atoms with Crippen molar-refractivity contribution in [3.63, 3.8) is 0 Å². The number of esters is 3. The summed E-state index contributed by atoms with van der Waals surface area (Å²) in [6, 6.07) is 2.20. The number of aliphatic imine (C=N–C) groups is 1. The van der Waals surface area contributed by atoms with Gasteiger partial charge in [-0.05, 0) is 63.3 Å². The predicted octanol–water partition coefficient (Wildman–Crippen LogP) is 6.44. The highest BCUT2D eigenvalue weighted by atomic mass is 35.5. The third-order valence-corrected chi connectivity index (χ3v) is 9.40. The van der Waals surface area contributed by atoms with E-state index in [0.717, 1.165) is 5.57 Å². The second-order valence-corrected chi connectivity index (χ2v) is 12.4. The summed E-state index contributed by atoms with van der Waals surface area (Å²) in [4.78, 5) is 46.1. The summed E-state index contributed by atoms with van der Waals surface area (Å²) in [5.41, 5.74) is 2.52. The standard InChI is InChI=1S/C34H41ClFN3O6S/c1-8-14-39(31(34(42)43-7)25-18-45-27(40)16-20(25)4)17-24(21(5)37)28(33(41)44-9-2)30(23-11-10-12-26(36)29(23)35)38-22(6)32-19(3)13-15-46-32/h10-13,15-16,25,30-32,37H,3,8-9,14,17-18H2,1-2,4-7H3. The molecule has 4 atom stereocenters.